The van der Waals surface area contributed by atoms with Gasteiger partial charge in [0.2, 0.25) is 0 Å². The summed E-state index contributed by atoms with van der Waals surface area (Å²) in [5.41, 5.74) is 0. The minimum absolute atomic E-state index is 0.0804. The molecule has 0 spiro atoms. The zero-order chi connectivity index (χ0) is 9.97. The number of thioether (sulfide) groups is 1. The minimum Gasteiger partial charge on any atom is -0.508 e. The second kappa shape index (κ2) is 4.21. The predicted molar refractivity (Wildman–Crippen MR) is 54.6 cm³/mol. The van der Waals surface area contributed by atoms with Crippen molar-refractivity contribution in [3.05, 3.63) is 24.3 Å². The van der Waals surface area contributed by atoms with E-state index in [0.717, 1.165) is 4.90 Å². The molecule has 76 valence electrons. The molecular formula is C10H12O3S. The number of aliphatic hydroxyl groups excluding tert-OH is 1. The lowest BCUT2D eigenvalue weighted by atomic mass is 10.3. The highest BCUT2D eigenvalue weighted by molar-refractivity contribution is 8.00. The van der Waals surface area contributed by atoms with Gasteiger partial charge in [0.1, 0.15) is 5.75 Å². The minimum atomic E-state index is -0.401. The Kier molecular flexibility index (Phi) is 2.96. The van der Waals surface area contributed by atoms with Crippen molar-refractivity contribution in [1.29, 1.82) is 0 Å². The summed E-state index contributed by atoms with van der Waals surface area (Å²) in [7, 11) is 0. The quantitative estimate of drug-likeness (QED) is 0.774. The van der Waals surface area contributed by atoms with Gasteiger partial charge in [-0.1, -0.05) is 6.07 Å². The molecule has 2 unspecified atom stereocenters. The topological polar surface area (TPSA) is 49.7 Å². The van der Waals surface area contributed by atoms with Gasteiger partial charge < -0.3 is 14.9 Å². The summed E-state index contributed by atoms with van der Waals surface area (Å²) >= 11 is 1.54. The normalized spacial score (nSPS) is 26.6. The van der Waals surface area contributed by atoms with Gasteiger partial charge in [-0.15, -0.1) is 11.8 Å². The number of hydrogen-bond acceptors (Lipinski definition) is 4. The van der Waals surface area contributed by atoms with Crippen molar-refractivity contribution in [2.45, 2.75) is 16.2 Å². The third-order valence-electron chi connectivity index (χ3n) is 2.10. The molecule has 4 heteroatoms. The van der Waals surface area contributed by atoms with Crippen LogP contribution in [0.5, 0.6) is 5.75 Å². The Morgan fingerprint density at radius 2 is 2.21 bits per heavy atom. The Hall–Kier alpha value is -0.710. The van der Waals surface area contributed by atoms with Crippen molar-refractivity contribution in [3.63, 3.8) is 0 Å². The van der Waals surface area contributed by atoms with Crippen LogP contribution in [0.2, 0.25) is 0 Å². The summed E-state index contributed by atoms with van der Waals surface area (Å²) < 4.78 is 5.14. The zero-order valence-electron chi connectivity index (χ0n) is 7.59. The van der Waals surface area contributed by atoms with E-state index in [1.165, 1.54) is 11.8 Å². The Labute approximate surface area is 86.7 Å². The van der Waals surface area contributed by atoms with E-state index in [4.69, 9.17) is 4.74 Å². The lowest BCUT2D eigenvalue weighted by Gasteiger charge is -2.11. The molecule has 2 atom stereocenters. The number of hydrogen-bond donors (Lipinski definition) is 2. The molecule has 3 nitrogen and oxygen atoms in total. The van der Waals surface area contributed by atoms with Crippen LogP contribution in [-0.2, 0) is 4.74 Å². The van der Waals surface area contributed by atoms with E-state index in [1.807, 2.05) is 6.07 Å². The fraction of sp³-hybridized carbons (Fsp3) is 0.400. The molecule has 1 aliphatic rings. The molecule has 2 N–H and O–H groups in total. The smallest absolute Gasteiger partial charge is 0.116 e. The third-order valence-corrected chi connectivity index (χ3v) is 3.38. The Bertz CT molecular complexity index is 316. The average Bonchev–Trinajstić information content (AvgIpc) is 2.52. The molecule has 0 radical (unpaired) electrons. The number of benzene rings is 1. The summed E-state index contributed by atoms with van der Waals surface area (Å²) in [6.07, 6.45) is -0.401. The Balaban J connectivity index is 2.03. The van der Waals surface area contributed by atoms with E-state index < -0.39 is 6.10 Å². The van der Waals surface area contributed by atoms with Crippen molar-refractivity contribution in [2.24, 2.45) is 0 Å². The Morgan fingerprint density at radius 1 is 1.36 bits per heavy atom. The lowest BCUT2D eigenvalue weighted by Crippen LogP contribution is -2.19. The summed E-state index contributed by atoms with van der Waals surface area (Å²) in [5.74, 6) is 0.253. The maximum absolute atomic E-state index is 9.51. The number of ether oxygens (including phenoxy) is 1. The second-order valence-electron chi connectivity index (χ2n) is 3.26. The van der Waals surface area contributed by atoms with Crippen molar-refractivity contribution in [1.82, 2.24) is 0 Å². The van der Waals surface area contributed by atoms with Crippen LogP contribution in [0.4, 0.5) is 0 Å². The molecule has 0 aliphatic carbocycles. The molecule has 14 heavy (non-hydrogen) atoms. The van der Waals surface area contributed by atoms with Gasteiger partial charge in [0.05, 0.1) is 24.6 Å². The molecule has 1 aromatic rings. The van der Waals surface area contributed by atoms with Crippen LogP contribution >= 0.6 is 11.8 Å². The molecule has 1 heterocycles. The summed E-state index contributed by atoms with van der Waals surface area (Å²) in [6.45, 7) is 0.984. The number of aromatic hydroxyl groups is 1. The second-order valence-corrected chi connectivity index (χ2v) is 4.57. The largest absolute Gasteiger partial charge is 0.508 e. The number of phenols is 1. The van der Waals surface area contributed by atoms with Gasteiger partial charge in [-0.2, -0.15) is 0 Å². The average molecular weight is 212 g/mol. The molecule has 0 amide bonds. The first-order chi connectivity index (χ1) is 6.75. The third kappa shape index (κ3) is 2.20. The van der Waals surface area contributed by atoms with Crippen LogP contribution in [-0.4, -0.2) is 34.8 Å². The molecule has 1 aromatic carbocycles. The van der Waals surface area contributed by atoms with E-state index >= 15 is 0 Å². The molecular weight excluding hydrogens is 200 g/mol. The van der Waals surface area contributed by atoms with Crippen molar-refractivity contribution < 1.29 is 14.9 Å². The van der Waals surface area contributed by atoms with Crippen LogP contribution in [0.1, 0.15) is 0 Å². The fourth-order valence-corrected chi connectivity index (χ4v) is 2.46. The SMILES string of the molecule is Oc1cccc(SC2COCC2O)c1. The van der Waals surface area contributed by atoms with E-state index in [-0.39, 0.29) is 11.0 Å². The first-order valence-electron chi connectivity index (χ1n) is 4.47. The van der Waals surface area contributed by atoms with E-state index in [0.29, 0.717) is 13.2 Å². The molecule has 1 aliphatic heterocycles. The van der Waals surface area contributed by atoms with Gasteiger partial charge >= 0.3 is 0 Å². The maximum Gasteiger partial charge on any atom is 0.116 e. The summed E-state index contributed by atoms with van der Waals surface area (Å²) in [6, 6.07) is 7.02. The van der Waals surface area contributed by atoms with Crippen LogP contribution in [0.25, 0.3) is 0 Å². The molecule has 0 saturated carbocycles. The van der Waals surface area contributed by atoms with Crippen LogP contribution in [0.3, 0.4) is 0 Å². The van der Waals surface area contributed by atoms with Crippen LogP contribution < -0.4 is 0 Å². The number of aliphatic hydroxyl groups is 1. The summed E-state index contributed by atoms with van der Waals surface area (Å²) in [4.78, 5) is 0.958. The number of rotatable bonds is 2. The first-order valence-corrected chi connectivity index (χ1v) is 5.35. The van der Waals surface area contributed by atoms with E-state index in [2.05, 4.69) is 0 Å². The predicted octanol–water partition coefficient (Wildman–Crippen LogP) is 1.24. The highest BCUT2D eigenvalue weighted by Gasteiger charge is 2.26. The van der Waals surface area contributed by atoms with Gasteiger partial charge in [0, 0.05) is 4.90 Å². The zero-order valence-corrected chi connectivity index (χ0v) is 8.41. The highest BCUT2D eigenvalue weighted by atomic mass is 32.2. The molecule has 2 rings (SSSR count). The van der Waals surface area contributed by atoms with E-state index in [1.54, 1.807) is 18.2 Å². The van der Waals surface area contributed by atoms with Crippen LogP contribution in [0, 0.1) is 0 Å². The van der Waals surface area contributed by atoms with Crippen molar-refractivity contribution in [3.8, 4) is 5.75 Å². The van der Waals surface area contributed by atoms with Gasteiger partial charge in [-0.25, -0.2) is 0 Å². The molecule has 0 bridgehead atoms. The highest BCUT2D eigenvalue weighted by Crippen LogP contribution is 2.30. The molecule has 1 saturated heterocycles. The monoisotopic (exact) mass is 212 g/mol. The molecule has 1 fully saturated rings. The summed E-state index contributed by atoms with van der Waals surface area (Å²) in [5, 5.41) is 18.8. The first kappa shape index (κ1) is 9.83. The van der Waals surface area contributed by atoms with Crippen LogP contribution in [0.15, 0.2) is 29.2 Å². The number of phenolic OH excluding ortho intramolecular Hbond substituents is 1. The van der Waals surface area contributed by atoms with Crippen molar-refractivity contribution in [2.75, 3.05) is 13.2 Å². The van der Waals surface area contributed by atoms with Gasteiger partial charge in [-0.3, -0.25) is 0 Å². The van der Waals surface area contributed by atoms with Gasteiger partial charge in [-0.05, 0) is 18.2 Å². The van der Waals surface area contributed by atoms with E-state index in [9.17, 15) is 10.2 Å². The lowest BCUT2D eigenvalue weighted by molar-refractivity contribution is 0.127. The maximum atomic E-state index is 9.51. The van der Waals surface area contributed by atoms with Crippen molar-refractivity contribution >= 4 is 11.8 Å². The Morgan fingerprint density at radius 3 is 2.86 bits per heavy atom. The molecule has 0 aromatic heterocycles. The fourth-order valence-electron chi connectivity index (χ4n) is 1.37. The van der Waals surface area contributed by atoms with Gasteiger partial charge in [0.15, 0.2) is 0 Å². The standard InChI is InChI=1S/C10H12O3S/c11-7-2-1-3-8(4-7)14-10-6-13-5-9(10)12/h1-4,9-12H,5-6H2. The van der Waals surface area contributed by atoms with Gasteiger partial charge in [0.25, 0.3) is 0 Å².